The minimum atomic E-state index is -0.319. The number of aromatic nitrogens is 2. The van der Waals surface area contributed by atoms with E-state index in [-0.39, 0.29) is 24.1 Å². The van der Waals surface area contributed by atoms with Crippen LogP contribution in [0.1, 0.15) is 24.9 Å². The first-order chi connectivity index (χ1) is 13.6. The third-order valence-electron chi connectivity index (χ3n) is 4.49. The second kappa shape index (κ2) is 8.99. The van der Waals surface area contributed by atoms with Gasteiger partial charge in [-0.2, -0.15) is 5.10 Å². The molecule has 1 amide bonds. The number of amides is 1. The standard InChI is InChI=1S/C22H23N3O3/c1-3-18(17-11-7-8-12-20(17)28-2)23-21(26)15-25-22(27)14-13-19(24-25)16-9-5-4-6-10-16/h4-14,18H,3,15H2,1-2H3,(H,23,26)/t18-/m0/s1. The molecule has 1 aromatic heterocycles. The van der Waals surface area contributed by atoms with Crippen molar-refractivity contribution in [1.82, 2.24) is 15.1 Å². The Balaban J connectivity index is 1.78. The van der Waals surface area contributed by atoms with Crippen LogP contribution in [0, 0.1) is 0 Å². The smallest absolute Gasteiger partial charge is 0.267 e. The van der Waals surface area contributed by atoms with Gasteiger partial charge < -0.3 is 10.1 Å². The average Bonchev–Trinajstić information content (AvgIpc) is 2.74. The summed E-state index contributed by atoms with van der Waals surface area (Å²) in [5.74, 6) is 0.439. The highest BCUT2D eigenvalue weighted by Gasteiger charge is 2.17. The Hall–Kier alpha value is -3.41. The monoisotopic (exact) mass is 377 g/mol. The molecule has 0 radical (unpaired) electrons. The average molecular weight is 377 g/mol. The van der Waals surface area contributed by atoms with Gasteiger partial charge in [0.05, 0.1) is 18.8 Å². The molecule has 0 bridgehead atoms. The molecule has 28 heavy (non-hydrogen) atoms. The number of ether oxygens (including phenoxy) is 1. The molecular formula is C22H23N3O3. The van der Waals surface area contributed by atoms with Crippen LogP contribution in [-0.2, 0) is 11.3 Å². The highest BCUT2D eigenvalue weighted by atomic mass is 16.5. The summed E-state index contributed by atoms with van der Waals surface area (Å²) in [4.78, 5) is 24.8. The summed E-state index contributed by atoms with van der Waals surface area (Å²) in [5, 5.41) is 7.31. The summed E-state index contributed by atoms with van der Waals surface area (Å²) in [6.45, 7) is 1.84. The van der Waals surface area contributed by atoms with Crippen molar-refractivity contribution in [2.75, 3.05) is 7.11 Å². The summed E-state index contributed by atoms with van der Waals surface area (Å²) in [7, 11) is 1.60. The molecule has 6 nitrogen and oxygen atoms in total. The molecule has 0 unspecified atom stereocenters. The van der Waals surface area contributed by atoms with Gasteiger partial charge in [0.25, 0.3) is 5.56 Å². The summed E-state index contributed by atoms with van der Waals surface area (Å²) >= 11 is 0. The van der Waals surface area contributed by atoms with E-state index in [1.807, 2.05) is 61.5 Å². The lowest BCUT2D eigenvalue weighted by atomic mass is 10.0. The van der Waals surface area contributed by atoms with Crippen LogP contribution in [0.25, 0.3) is 11.3 Å². The number of methoxy groups -OCH3 is 1. The second-order valence-corrected chi connectivity index (χ2v) is 6.35. The number of hydrogen-bond acceptors (Lipinski definition) is 4. The van der Waals surface area contributed by atoms with Gasteiger partial charge >= 0.3 is 0 Å². The number of carbonyl (C=O) groups is 1. The van der Waals surface area contributed by atoms with E-state index < -0.39 is 0 Å². The minimum absolute atomic E-state index is 0.148. The van der Waals surface area contributed by atoms with Crippen LogP contribution in [0.4, 0.5) is 0 Å². The third-order valence-corrected chi connectivity index (χ3v) is 4.49. The quantitative estimate of drug-likeness (QED) is 0.686. The highest BCUT2D eigenvalue weighted by molar-refractivity contribution is 5.76. The van der Waals surface area contributed by atoms with E-state index in [1.165, 1.54) is 10.7 Å². The zero-order chi connectivity index (χ0) is 19.9. The largest absolute Gasteiger partial charge is 0.496 e. The summed E-state index contributed by atoms with van der Waals surface area (Å²) < 4.78 is 6.58. The number of para-hydroxylation sites is 1. The summed E-state index contributed by atoms with van der Waals surface area (Å²) in [5.41, 5.74) is 2.11. The Morgan fingerprint density at radius 1 is 1.07 bits per heavy atom. The van der Waals surface area contributed by atoms with E-state index in [2.05, 4.69) is 10.4 Å². The number of nitrogens with zero attached hydrogens (tertiary/aromatic N) is 2. The minimum Gasteiger partial charge on any atom is -0.496 e. The predicted molar refractivity (Wildman–Crippen MR) is 108 cm³/mol. The molecule has 0 saturated carbocycles. The maximum Gasteiger partial charge on any atom is 0.267 e. The fraction of sp³-hybridized carbons (Fsp3) is 0.227. The molecule has 3 aromatic rings. The van der Waals surface area contributed by atoms with Crippen molar-refractivity contribution < 1.29 is 9.53 Å². The van der Waals surface area contributed by atoms with Crippen LogP contribution in [0.5, 0.6) is 5.75 Å². The molecule has 3 rings (SSSR count). The van der Waals surface area contributed by atoms with E-state index in [9.17, 15) is 9.59 Å². The first-order valence-corrected chi connectivity index (χ1v) is 9.18. The molecule has 144 valence electrons. The van der Waals surface area contributed by atoms with Crippen LogP contribution < -0.4 is 15.6 Å². The van der Waals surface area contributed by atoms with Crippen molar-refractivity contribution in [2.45, 2.75) is 25.9 Å². The summed E-state index contributed by atoms with van der Waals surface area (Å²) in [6.07, 6.45) is 0.693. The fourth-order valence-electron chi connectivity index (χ4n) is 3.06. The number of nitrogens with one attached hydrogen (secondary N) is 1. The molecule has 0 spiro atoms. The molecule has 1 N–H and O–H groups in total. The molecule has 0 aliphatic carbocycles. The van der Waals surface area contributed by atoms with Crippen LogP contribution >= 0.6 is 0 Å². The van der Waals surface area contributed by atoms with Crippen molar-refractivity contribution in [3.8, 4) is 17.0 Å². The van der Waals surface area contributed by atoms with Gasteiger partial charge in [-0.05, 0) is 18.6 Å². The maximum atomic E-state index is 12.6. The third kappa shape index (κ3) is 4.46. The van der Waals surface area contributed by atoms with Gasteiger partial charge in [-0.1, -0.05) is 55.5 Å². The molecule has 0 aliphatic rings. The van der Waals surface area contributed by atoms with E-state index in [0.29, 0.717) is 12.1 Å². The lowest BCUT2D eigenvalue weighted by Gasteiger charge is -2.20. The van der Waals surface area contributed by atoms with Gasteiger partial charge in [0.15, 0.2) is 0 Å². The van der Waals surface area contributed by atoms with E-state index in [1.54, 1.807) is 13.2 Å². The molecule has 1 heterocycles. The zero-order valence-electron chi connectivity index (χ0n) is 16.0. The molecule has 0 fully saturated rings. The summed E-state index contributed by atoms with van der Waals surface area (Å²) in [6, 6.07) is 20.0. The lowest BCUT2D eigenvalue weighted by molar-refractivity contribution is -0.122. The molecule has 1 atom stereocenters. The van der Waals surface area contributed by atoms with Crippen molar-refractivity contribution in [2.24, 2.45) is 0 Å². The number of hydrogen-bond donors (Lipinski definition) is 1. The number of benzene rings is 2. The van der Waals surface area contributed by atoms with Gasteiger partial charge in [-0.3, -0.25) is 9.59 Å². The van der Waals surface area contributed by atoms with Crippen molar-refractivity contribution in [1.29, 1.82) is 0 Å². The number of rotatable bonds is 7. The fourth-order valence-corrected chi connectivity index (χ4v) is 3.06. The Bertz CT molecular complexity index is 999. The predicted octanol–water partition coefficient (Wildman–Crippen LogP) is 3.19. The van der Waals surface area contributed by atoms with Gasteiger partial charge in [0, 0.05) is 17.2 Å². The van der Waals surface area contributed by atoms with Crippen molar-refractivity contribution in [3.05, 3.63) is 82.6 Å². The first kappa shape index (κ1) is 19.4. The normalized spacial score (nSPS) is 11.6. The number of carbonyl (C=O) groups excluding carboxylic acids is 1. The van der Waals surface area contributed by atoms with Crippen LogP contribution in [0.3, 0.4) is 0 Å². The maximum absolute atomic E-state index is 12.6. The Labute approximate surface area is 163 Å². The zero-order valence-corrected chi connectivity index (χ0v) is 16.0. The van der Waals surface area contributed by atoms with Crippen LogP contribution in [0.2, 0.25) is 0 Å². The van der Waals surface area contributed by atoms with Gasteiger partial charge in [0.1, 0.15) is 12.3 Å². The lowest BCUT2D eigenvalue weighted by Crippen LogP contribution is -2.35. The molecule has 2 aromatic carbocycles. The van der Waals surface area contributed by atoms with E-state index in [0.717, 1.165) is 16.9 Å². The molecule has 0 saturated heterocycles. The Morgan fingerprint density at radius 3 is 2.50 bits per heavy atom. The van der Waals surface area contributed by atoms with Crippen molar-refractivity contribution >= 4 is 5.91 Å². The van der Waals surface area contributed by atoms with Crippen molar-refractivity contribution in [3.63, 3.8) is 0 Å². The van der Waals surface area contributed by atoms with Crippen LogP contribution in [-0.4, -0.2) is 22.8 Å². The Morgan fingerprint density at radius 2 is 1.79 bits per heavy atom. The second-order valence-electron chi connectivity index (χ2n) is 6.35. The SMILES string of the molecule is CC[C@H](NC(=O)Cn1nc(-c2ccccc2)ccc1=O)c1ccccc1OC. The topological polar surface area (TPSA) is 73.2 Å². The van der Waals surface area contributed by atoms with Gasteiger partial charge in [0.2, 0.25) is 5.91 Å². The van der Waals surface area contributed by atoms with Gasteiger partial charge in [-0.25, -0.2) is 4.68 Å². The Kier molecular flexibility index (Phi) is 6.22. The highest BCUT2D eigenvalue weighted by Crippen LogP contribution is 2.26. The van der Waals surface area contributed by atoms with E-state index >= 15 is 0 Å². The molecular weight excluding hydrogens is 354 g/mol. The van der Waals surface area contributed by atoms with E-state index in [4.69, 9.17) is 4.74 Å². The van der Waals surface area contributed by atoms with Gasteiger partial charge in [-0.15, -0.1) is 0 Å². The molecule has 0 aliphatic heterocycles. The van der Waals surface area contributed by atoms with Crippen LogP contribution in [0.15, 0.2) is 71.5 Å². The molecule has 6 heteroatoms. The first-order valence-electron chi connectivity index (χ1n) is 9.18.